The van der Waals surface area contributed by atoms with Crippen LogP contribution in [0, 0.1) is 0 Å². The van der Waals surface area contributed by atoms with E-state index >= 15 is 0 Å². The summed E-state index contributed by atoms with van der Waals surface area (Å²) in [6.07, 6.45) is 7.16. The first-order valence-corrected chi connectivity index (χ1v) is 11.0. The number of H-pyrrole nitrogens is 1. The highest BCUT2D eigenvalue weighted by molar-refractivity contribution is 7.11. The fraction of sp³-hybridized carbons (Fsp3) is 0.500. The minimum Gasteiger partial charge on any atom is -0.461 e. The molecule has 3 aromatic heterocycles. The predicted octanol–water partition coefficient (Wildman–Crippen LogP) is 3.04. The smallest absolute Gasteiger partial charge is 0.216 e. The number of furan rings is 1. The van der Waals surface area contributed by atoms with Crippen LogP contribution in [-0.2, 0) is 25.8 Å². The normalized spacial score (nSPS) is 14.1. The first-order chi connectivity index (χ1) is 14.2. The van der Waals surface area contributed by atoms with E-state index in [1.165, 1.54) is 34.8 Å². The second kappa shape index (κ2) is 9.21. The van der Waals surface area contributed by atoms with Crippen molar-refractivity contribution >= 4 is 17.3 Å². The number of guanidine groups is 1. The van der Waals surface area contributed by atoms with Gasteiger partial charge in [-0.25, -0.2) is 9.97 Å². The van der Waals surface area contributed by atoms with Crippen LogP contribution < -0.4 is 5.32 Å². The minimum atomic E-state index is 0.575. The van der Waals surface area contributed by atoms with Crippen molar-refractivity contribution in [2.24, 2.45) is 4.99 Å². The summed E-state index contributed by atoms with van der Waals surface area (Å²) in [6, 6.07) is 3.67. The number of hydrogen-bond acceptors (Lipinski definition) is 6. The third-order valence-electron chi connectivity index (χ3n) is 4.84. The molecule has 3 aromatic rings. The Morgan fingerprint density at radius 1 is 1.34 bits per heavy atom. The van der Waals surface area contributed by atoms with Gasteiger partial charge in [-0.2, -0.15) is 5.10 Å². The molecule has 0 aliphatic heterocycles. The van der Waals surface area contributed by atoms with E-state index in [9.17, 15) is 0 Å². The monoisotopic (exact) mass is 413 g/mol. The average molecular weight is 414 g/mol. The highest BCUT2D eigenvalue weighted by atomic mass is 32.1. The Bertz CT molecular complexity index is 921. The number of thiazole rings is 1. The van der Waals surface area contributed by atoms with Crippen LogP contribution in [-0.4, -0.2) is 51.2 Å². The maximum Gasteiger partial charge on any atom is 0.216 e. The van der Waals surface area contributed by atoms with E-state index in [0.29, 0.717) is 24.6 Å². The average Bonchev–Trinajstić information content (AvgIpc) is 3.46. The molecule has 1 aliphatic carbocycles. The van der Waals surface area contributed by atoms with Gasteiger partial charge in [-0.05, 0) is 44.7 Å². The molecule has 3 heterocycles. The van der Waals surface area contributed by atoms with E-state index in [1.54, 1.807) is 6.26 Å². The number of nitrogens with zero attached hydrogens (tertiary/aromatic N) is 5. The summed E-state index contributed by atoms with van der Waals surface area (Å²) in [6.45, 7) is 4.29. The molecular weight excluding hydrogens is 386 g/mol. The summed E-state index contributed by atoms with van der Waals surface area (Å²) < 4.78 is 5.33. The molecule has 0 spiro atoms. The fourth-order valence-corrected chi connectivity index (χ4v) is 4.62. The molecule has 0 saturated heterocycles. The van der Waals surface area contributed by atoms with Gasteiger partial charge in [0.15, 0.2) is 11.7 Å². The summed E-state index contributed by atoms with van der Waals surface area (Å²) in [7, 11) is 2.06. The van der Waals surface area contributed by atoms with E-state index in [1.807, 2.05) is 23.5 Å². The molecule has 8 nitrogen and oxygen atoms in total. The minimum absolute atomic E-state index is 0.575. The summed E-state index contributed by atoms with van der Waals surface area (Å²) in [5, 5.41) is 11.7. The van der Waals surface area contributed by atoms with Gasteiger partial charge < -0.3 is 14.6 Å². The number of fused-ring (bicyclic) bond motifs is 1. The first kappa shape index (κ1) is 19.6. The van der Waals surface area contributed by atoms with Crippen LogP contribution in [0.4, 0.5) is 0 Å². The van der Waals surface area contributed by atoms with Crippen molar-refractivity contribution in [1.82, 2.24) is 30.4 Å². The lowest BCUT2D eigenvalue weighted by Gasteiger charge is -2.20. The van der Waals surface area contributed by atoms with Crippen molar-refractivity contribution in [3.8, 4) is 11.6 Å². The number of aryl methyl sites for hydroxylation is 2. The van der Waals surface area contributed by atoms with Gasteiger partial charge in [0.2, 0.25) is 5.82 Å². The molecule has 0 amide bonds. The van der Waals surface area contributed by atoms with Crippen molar-refractivity contribution in [2.75, 3.05) is 20.1 Å². The highest BCUT2D eigenvalue weighted by Crippen LogP contribution is 2.27. The zero-order chi connectivity index (χ0) is 20.1. The molecule has 0 aromatic carbocycles. The number of hydrogen-bond donors (Lipinski definition) is 2. The summed E-state index contributed by atoms with van der Waals surface area (Å²) in [5.41, 5.74) is 1.31. The topological polar surface area (TPSA) is 95.2 Å². The van der Waals surface area contributed by atoms with Gasteiger partial charge in [-0.15, -0.1) is 11.3 Å². The Labute approximate surface area is 174 Å². The third kappa shape index (κ3) is 4.84. The van der Waals surface area contributed by atoms with Crippen LogP contribution in [0.3, 0.4) is 0 Å². The van der Waals surface area contributed by atoms with Crippen molar-refractivity contribution in [3.63, 3.8) is 0 Å². The summed E-state index contributed by atoms with van der Waals surface area (Å²) in [4.78, 5) is 17.7. The lowest BCUT2D eigenvalue weighted by Crippen LogP contribution is -2.38. The Balaban J connectivity index is 1.36. The maximum atomic E-state index is 5.33. The first-order valence-electron chi connectivity index (χ1n) is 10.1. The molecule has 0 radical (unpaired) electrons. The summed E-state index contributed by atoms with van der Waals surface area (Å²) >= 11 is 1.85. The highest BCUT2D eigenvalue weighted by Gasteiger charge is 2.17. The second-order valence-corrected chi connectivity index (χ2v) is 8.28. The number of aliphatic imine (C=N–C) groups is 1. The van der Waals surface area contributed by atoms with Crippen molar-refractivity contribution < 1.29 is 4.42 Å². The van der Waals surface area contributed by atoms with Gasteiger partial charge in [0.25, 0.3) is 0 Å². The van der Waals surface area contributed by atoms with Crippen LogP contribution in [0.25, 0.3) is 11.6 Å². The molecule has 4 rings (SSSR count). The van der Waals surface area contributed by atoms with Crippen LogP contribution in [0.5, 0.6) is 0 Å². The molecule has 0 bridgehead atoms. The van der Waals surface area contributed by atoms with Gasteiger partial charge in [0, 0.05) is 31.4 Å². The van der Waals surface area contributed by atoms with E-state index in [4.69, 9.17) is 14.4 Å². The standard InChI is InChI=1S/C20H27N7OS/c1-3-21-20(27(2)13-18-23-14-7-4-5-9-16(14)29-18)22-11-10-17-24-19(26-25-17)15-8-6-12-28-15/h6,8,12H,3-5,7,9-11,13H2,1-2H3,(H,21,22)(H,24,25,26). The van der Waals surface area contributed by atoms with Crippen LogP contribution in [0.1, 0.15) is 41.2 Å². The molecule has 1 aliphatic rings. The molecule has 0 atom stereocenters. The fourth-order valence-electron chi connectivity index (χ4n) is 3.41. The zero-order valence-electron chi connectivity index (χ0n) is 16.9. The zero-order valence-corrected chi connectivity index (χ0v) is 17.8. The van der Waals surface area contributed by atoms with Crippen molar-refractivity contribution in [2.45, 2.75) is 45.6 Å². The van der Waals surface area contributed by atoms with E-state index < -0.39 is 0 Å². The molecule has 29 heavy (non-hydrogen) atoms. The van der Waals surface area contributed by atoms with Gasteiger partial charge >= 0.3 is 0 Å². The SMILES string of the molecule is CCNC(=NCCc1nc(-c2ccco2)n[nH]1)N(C)Cc1nc2c(s1)CCCC2. The number of aromatic amines is 1. The van der Waals surface area contributed by atoms with Gasteiger partial charge in [-0.3, -0.25) is 10.1 Å². The second-order valence-electron chi connectivity index (χ2n) is 7.11. The quantitative estimate of drug-likeness (QED) is 0.457. The van der Waals surface area contributed by atoms with E-state index in [2.05, 4.69) is 39.4 Å². The number of nitrogens with one attached hydrogen (secondary N) is 2. The third-order valence-corrected chi connectivity index (χ3v) is 5.98. The number of rotatable bonds is 7. The Morgan fingerprint density at radius 2 is 2.24 bits per heavy atom. The van der Waals surface area contributed by atoms with Crippen LogP contribution in [0.15, 0.2) is 27.8 Å². The van der Waals surface area contributed by atoms with Gasteiger partial charge in [0.05, 0.1) is 18.5 Å². The Morgan fingerprint density at radius 3 is 3.03 bits per heavy atom. The van der Waals surface area contributed by atoms with E-state index in [-0.39, 0.29) is 0 Å². The van der Waals surface area contributed by atoms with Crippen LogP contribution >= 0.6 is 11.3 Å². The summed E-state index contributed by atoms with van der Waals surface area (Å²) in [5.74, 6) is 2.92. The van der Waals surface area contributed by atoms with Crippen molar-refractivity contribution in [3.05, 3.63) is 39.8 Å². The largest absolute Gasteiger partial charge is 0.461 e. The molecular formula is C20H27N7OS. The van der Waals surface area contributed by atoms with Gasteiger partial charge in [0.1, 0.15) is 10.8 Å². The van der Waals surface area contributed by atoms with Crippen molar-refractivity contribution in [1.29, 1.82) is 0 Å². The van der Waals surface area contributed by atoms with Crippen LogP contribution in [0.2, 0.25) is 0 Å². The maximum absolute atomic E-state index is 5.33. The van der Waals surface area contributed by atoms with E-state index in [0.717, 1.165) is 31.3 Å². The molecule has 0 fully saturated rings. The Kier molecular flexibility index (Phi) is 6.24. The molecule has 2 N–H and O–H groups in total. The lowest BCUT2D eigenvalue weighted by atomic mass is 10.0. The Hall–Kier alpha value is -2.68. The lowest BCUT2D eigenvalue weighted by molar-refractivity contribution is 0.474. The predicted molar refractivity (Wildman–Crippen MR) is 114 cm³/mol. The molecule has 154 valence electrons. The molecule has 0 unspecified atom stereocenters. The number of aromatic nitrogens is 4. The molecule has 0 saturated carbocycles. The van der Waals surface area contributed by atoms with Gasteiger partial charge in [-0.1, -0.05) is 0 Å². The molecule has 9 heteroatoms.